The van der Waals surface area contributed by atoms with Gasteiger partial charge in [-0.1, -0.05) is 0 Å². The van der Waals surface area contributed by atoms with Gasteiger partial charge in [0.05, 0.1) is 13.2 Å². The molecule has 5 nitrogen and oxygen atoms in total. The Kier molecular flexibility index (Phi) is 4.88. The van der Waals surface area contributed by atoms with Crippen LogP contribution in [0.3, 0.4) is 0 Å². The minimum absolute atomic E-state index is 0.0395. The van der Waals surface area contributed by atoms with Crippen molar-refractivity contribution < 1.29 is 17.9 Å². The third kappa shape index (κ3) is 4.31. The van der Waals surface area contributed by atoms with Crippen molar-refractivity contribution in [1.29, 1.82) is 0 Å². The van der Waals surface area contributed by atoms with E-state index in [-0.39, 0.29) is 19.6 Å². The van der Waals surface area contributed by atoms with Crippen molar-refractivity contribution in [2.75, 3.05) is 13.2 Å². The van der Waals surface area contributed by atoms with E-state index in [4.69, 9.17) is 5.73 Å². The molecule has 0 saturated carbocycles. The number of rotatable bonds is 6. The van der Waals surface area contributed by atoms with Crippen LogP contribution in [0.25, 0.3) is 0 Å². The van der Waals surface area contributed by atoms with Crippen molar-refractivity contribution in [3.05, 3.63) is 11.6 Å². The number of hydrogen-bond donors (Lipinski definition) is 1. The van der Waals surface area contributed by atoms with Crippen LogP contribution < -0.4 is 5.73 Å². The van der Waals surface area contributed by atoms with Crippen molar-refractivity contribution in [3.8, 4) is 0 Å². The summed E-state index contributed by atoms with van der Waals surface area (Å²) in [5.74, 6) is 1.22. The number of nitrogens with two attached hydrogens (primary N) is 1. The van der Waals surface area contributed by atoms with Crippen molar-refractivity contribution in [1.82, 2.24) is 14.8 Å². The summed E-state index contributed by atoms with van der Waals surface area (Å²) < 4.78 is 41.7. The molecule has 0 unspecified atom stereocenters. The molecule has 0 bridgehead atoms. The van der Waals surface area contributed by atoms with Crippen LogP contribution in [-0.4, -0.2) is 34.2 Å². The predicted octanol–water partition coefficient (Wildman–Crippen LogP) is 0.878. The van der Waals surface area contributed by atoms with Crippen LogP contribution >= 0.6 is 0 Å². The summed E-state index contributed by atoms with van der Waals surface area (Å²) in [7, 11) is 0. The molecule has 0 amide bonds. The number of nitrogens with zero attached hydrogens (tertiary/aromatic N) is 3. The summed E-state index contributed by atoms with van der Waals surface area (Å²) in [4.78, 5) is 0. The fourth-order valence-electron chi connectivity index (χ4n) is 1.42. The maximum absolute atomic E-state index is 11.8. The standard InChI is InChI=1S/C9H15F3N4O/c1-2-16-7(14-15-8(16)5-13)3-4-17-6-9(10,11)12/h2-6,13H2,1H3. The third-order valence-electron chi connectivity index (χ3n) is 2.14. The summed E-state index contributed by atoms with van der Waals surface area (Å²) in [5, 5.41) is 7.71. The van der Waals surface area contributed by atoms with E-state index in [1.807, 2.05) is 6.92 Å². The van der Waals surface area contributed by atoms with Crippen LogP contribution in [0.5, 0.6) is 0 Å². The molecule has 8 heteroatoms. The maximum Gasteiger partial charge on any atom is 0.411 e. The van der Waals surface area contributed by atoms with E-state index in [2.05, 4.69) is 14.9 Å². The molecule has 0 aliphatic carbocycles. The van der Waals surface area contributed by atoms with Crippen molar-refractivity contribution in [2.45, 2.75) is 32.6 Å². The van der Waals surface area contributed by atoms with E-state index in [9.17, 15) is 13.2 Å². The Hall–Kier alpha value is -1.15. The lowest BCUT2D eigenvalue weighted by Gasteiger charge is -2.08. The first-order chi connectivity index (χ1) is 7.98. The molecular formula is C9H15F3N4O. The fourth-order valence-corrected chi connectivity index (χ4v) is 1.42. The van der Waals surface area contributed by atoms with Gasteiger partial charge in [0.2, 0.25) is 0 Å². The molecule has 0 aliphatic heterocycles. The van der Waals surface area contributed by atoms with Gasteiger partial charge in [-0.25, -0.2) is 0 Å². The van der Waals surface area contributed by atoms with Crippen LogP contribution in [-0.2, 0) is 24.2 Å². The largest absolute Gasteiger partial charge is 0.411 e. The monoisotopic (exact) mass is 252 g/mol. The first-order valence-corrected chi connectivity index (χ1v) is 5.23. The minimum atomic E-state index is -4.29. The Labute approximate surface area is 96.8 Å². The highest BCUT2D eigenvalue weighted by atomic mass is 19.4. The third-order valence-corrected chi connectivity index (χ3v) is 2.14. The van der Waals surface area contributed by atoms with Crippen LogP contribution in [0.15, 0.2) is 0 Å². The molecular weight excluding hydrogens is 237 g/mol. The topological polar surface area (TPSA) is 66.0 Å². The van der Waals surface area contributed by atoms with Crippen LogP contribution in [0, 0.1) is 0 Å². The summed E-state index contributed by atoms with van der Waals surface area (Å²) in [6, 6.07) is 0. The second-order valence-electron chi connectivity index (χ2n) is 3.40. The van der Waals surface area contributed by atoms with E-state index in [0.717, 1.165) is 0 Å². The van der Waals surface area contributed by atoms with E-state index in [1.165, 1.54) is 0 Å². The SMILES string of the molecule is CCn1c(CN)nnc1CCOCC(F)(F)F. The van der Waals surface area contributed by atoms with Gasteiger partial charge < -0.3 is 15.0 Å². The smallest absolute Gasteiger partial charge is 0.372 e. The van der Waals surface area contributed by atoms with Crippen LogP contribution in [0.2, 0.25) is 0 Å². The number of halogens is 3. The Balaban J connectivity index is 2.44. The predicted molar refractivity (Wildman–Crippen MR) is 54.2 cm³/mol. The zero-order valence-corrected chi connectivity index (χ0v) is 9.50. The first kappa shape index (κ1) is 13.9. The highest BCUT2D eigenvalue weighted by molar-refractivity contribution is 4.95. The number of aromatic nitrogens is 3. The molecule has 1 heterocycles. The molecule has 0 aromatic carbocycles. The second kappa shape index (κ2) is 5.97. The lowest BCUT2D eigenvalue weighted by atomic mass is 10.4. The quantitative estimate of drug-likeness (QED) is 0.763. The summed E-state index contributed by atoms with van der Waals surface area (Å²) >= 11 is 0. The highest BCUT2D eigenvalue weighted by Gasteiger charge is 2.27. The van der Waals surface area contributed by atoms with Gasteiger partial charge in [-0.2, -0.15) is 13.2 Å². The average molecular weight is 252 g/mol. The molecule has 0 atom stereocenters. The summed E-state index contributed by atoms with van der Waals surface area (Å²) in [6.07, 6.45) is -4.00. The van der Waals surface area contributed by atoms with Crippen molar-refractivity contribution in [2.24, 2.45) is 5.73 Å². The lowest BCUT2D eigenvalue weighted by Crippen LogP contribution is -2.19. The lowest BCUT2D eigenvalue weighted by molar-refractivity contribution is -0.173. The molecule has 1 aromatic rings. The van der Waals surface area contributed by atoms with Gasteiger partial charge in [-0.3, -0.25) is 0 Å². The minimum Gasteiger partial charge on any atom is -0.372 e. The van der Waals surface area contributed by atoms with Gasteiger partial charge in [-0.05, 0) is 6.92 Å². The van der Waals surface area contributed by atoms with Gasteiger partial charge in [0.1, 0.15) is 18.3 Å². The van der Waals surface area contributed by atoms with E-state index >= 15 is 0 Å². The van der Waals surface area contributed by atoms with Crippen LogP contribution in [0.1, 0.15) is 18.6 Å². The molecule has 0 saturated heterocycles. The molecule has 98 valence electrons. The zero-order valence-electron chi connectivity index (χ0n) is 9.50. The molecule has 1 aromatic heterocycles. The fraction of sp³-hybridized carbons (Fsp3) is 0.778. The Morgan fingerprint density at radius 3 is 2.47 bits per heavy atom. The van der Waals surface area contributed by atoms with Crippen LogP contribution in [0.4, 0.5) is 13.2 Å². The first-order valence-electron chi connectivity index (χ1n) is 5.23. The van der Waals surface area contributed by atoms with E-state index in [0.29, 0.717) is 18.2 Å². The van der Waals surface area contributed by atoms with Crippen molar-refractivity contribution >= 4 is 0 Å². The number of hydrogen-bond acceptors (Lipinski definition) is 4. The Morgan fingerprint density at radius 1 is 1.29 bits per heavy atom. The van der Waals surface area contributed by atoms with Gasteiger partial charge in [0.25, 0.3) is 0 Å². The Bertz CT molecular complexity index is 351. The number of ether oxygens (including phenoxy) is 1. The van der Waals surface area contributed by atoms with Crippen molar-refractivity contribution in [3.63, 3.8) is 0 Å². The van der Waals surface area contributed by atoms with E-state index in [1.54, 1.807) is 4.57 Å². The normalized spacial score (nSPS) is 12.1. The Morgan fingerprint density at radius 2 is 1.94 bits per heavy atom. The van der Waals surface area contributed by atoms with Gasteiger partial charge in [0, 0.05) is 13.0 Å². The number of alkyl halides is 3. The average Bonchev–Trinajstić information content (AvgIpc) is 2.65. The molecule has 2 N–H and O–H groups in total. The van der Waals surface area contributed by atoms with Gasteiger partial charge >= 0.3 is 6.18 Å². The molecule has 0 aliphatic rings. The van der Waals surface area contributed by atoms with Gasteiger partial charge in [-0.15, -0.1) is 10.2 Å². The highest BCUT2D eigenvalue weighted by Crippen LogP contribution is 2.14. The molecule has 0 spiro atoms. The molecule has 0 fully saturated rings. The summed E-state index contributed by atoms with van der Waals surface area (Å²) in [6.45, 7) is 1.50. The zero-order chi connectivity index (χ0) is 12.9. The van der Waals surface area contributed by atoms with Gasteiger partial charge in [0.15, 0.2) is 0 Å². The van der Waals surface area contributed by atoms with E-state index < -0.39 is 12.8 Å². The summed E-state index contributed by atoms with van der Waals surface area (Å²) in [5.41, 5.74) is 5.45. The molecule has 17 heavy (non-hydrogen) atoms. The second-order valence-corrected chi connectivity index (χ2v) is 3.40. The molecule has 1 rings (SSSR count). The maximum atomic E-state index is 11.8. The molecule has 0 radical (unpaired) electrons.